The number of hydrogen-bond donors (Lipinski definition) is 4. The van der Waals surface area contributed by atoms with Gasteiger partial charge in [0, 0.05) is 23.7 Å². The van der Waals surface area contributed by atoms with Crippen molar-refractivity contribution in [3.8, 4) is 11.3 Å². The minimum Gasteiger partial charge on any atom is -0.364 e. The van der Waals surface area contributed by atoms with E-state index in [2.05, 4.69) is 43.8 Å². The van der Waals surface area contributed by atoms with Gasteiger partial charge in [-0.05, 0) is 62.5 Å². The van der Waals surface area contributed by atoms with Crippen LogP contribution in [-0.2, 0) is 0 Å². The van der Waals surface area contributed by atoms with Gasteiger partial charge in [0.05, 0.1) is 22.6 Å². The Labute approximate surface area is 192 Å². The van der Waals surface area contributed by atoms with Crippen molar-refractivity contribution in [2.45, 2.75) is 13.8 Å². The summed E-state index contributed by atoms with van der Waals surface area (Å²) in [6, 6.07) is 20.1. The Morgan fingerprint density at radius 2 is 1.45 bits per heavy atom. The molecule has 9 heteroatoms. The molecule has 158 valence electrons. The van der Waals surface area contributed by atoms with Gasteiger partial charge in [-0.25, -0.2) is 4.98 Å². The van der Waals surface area contributed by atoms with Crippen molar-refractivity contribution in [3.05, 3.63) is 60.7 Å². The molecule has 4 N–H and O–H groups in total. The van der Waals surface area contributed by atoms with E-state index in [9.17, 15) is 0 Å². The van der Waals surface area contributed by atoms with Crippen molar-refractivity contribution in [1.29, 1.82) is 0 Å². The molecule has 1 heterocycles. The van der Waals surface area contributed by atoms with Crippen LogP contribution in [0.5, 0.6) is 0 Å². The lowest BCUT2D eigenvalue weighted by atomic mass is 10.1. The molecule has 0 saturated carbocycles. The van der Waals surface area contributed by atoms with Gasteiger partial charge in [-0.15, -0.1) is 0 Å². The SMILES string of the molecule is CNC(=S)NN=C(C)C(C)=NNC(=S)Nc1ccc(-c2ccc3ccccc3n2)cc1. The van der Waals surface area contributed by atoms with Crippen LogP contribution in [0.4, 0.5) is 5.69 Å². The molecular weight excluding hydrogens is 426 g/mol. The van der Waals surface area contributed by atoms with E-state index in [1.165, 1.54) is 0 Å². The van der Waals surface area contributed by atoms with Crippen molar-refractivity contribution < 1.29 is 0 Å². The van der Waals surface area contributed by atoms with Crippen LogP contribution in [-0.4, -0.2) is 33.7 Å². The van der Waals surface area contributed by atoms with Gasteiger partial charge in [-0.2, -0.15) is 10.2 Å². The summed E-state index contributed by atoms with van der Waals surface area (Å²) in [7, 11) is 1.72. The third kappa shape index (κ3) is 6.27. The lowest BCUT2D eigenvalue weighted by Gasteiger charge is -2.09. The molecule has 3 rings (SSSR count). The number of aromatic nitrogens is 1. The highest BCUT2D eigenvalue weighted by Crippen LogP contribution is 2.22. The predicted octanol–water partition coefficient (Wildman–Crippen LogP) is 4.03. The number of para-hydroxylation sites is 1. The van der Waals surface area contributed by atoms with Gasteiger partial charge in [0.15, 0.2) is 10.2 Å². The molecule has 1 aromatic heterocycles. The zero-order valence-electron chi connectivity index (χ0n) is 17.4. The fourth-order valence-corrected chi connectivity index (χ4v) is 2.81. The number of hydrogen-bond acceptors (Lipinski definition) is 5. The van der Waals surface area contributed by atoms with E-state index in [0.717, 1.165) is 27.8 Å². The lowest BCUT2D eigenvalue weighted by Crippen LogP contribution is -2.30. The van der Waals surface area contributed by atoms with Crippen molar-refractivity contribution in [2.75, 3.05) is 12.4 Å². The molecule has 0 aliphatic heterocycles. The molecule has 2 aromatic carbocycles. The maximum Gasteiger partial charge on any atom is 0.191 e. The maximum atomic E-state index is 5.32. The smallest absolute Gasteiger partial charge is 0.191 e. The summed E-state index contributed by atoms with van der Waals surface area (Å²) in [5, 5.41) is 16.2. The Bertz CT molecular complexity index is 1150. The fourth-order valence-electron chi connectivity index (χ4n) is 2.60. The number of hydrazone groups is 2. The standard InChI is InChI=1S/C22H23N7S2/c1-14(26-28-21(30)23-3)15(2)27-29-22(31)24-18-11-8-17(9-12-18)20-13-10-16-6-4-5-7-19(16)25-20/h4-13H,1-3H3,(H2,23,28,30)(H2,24,29,31). The monoisotopic (exact) mass is 449 g/mol. The first-order valence-electron chi connectivity index (χ1n) is 9.56. The first-order valence-corrected chi connectivity index (χ1v) is 10.4. The lowest BCUT2D eigenvalue weighted by molar-refractivity contribution is 0.974. The zero-order chi connectivity index (χ0) is 22.2. The van der Waals surface area contributed by atoms with Gasteiger partial charge in [0.2, 0.25) is 0 Å². The van der Waals surface area contributed by atoms with Gasteiger partial charge in [0.1, 0.15) is 0 Å². The number of pyridine rings is 1. The number of thiocarbonyl (C=S) groups is 2. The normalized spacial score (nSPS) is 11.7. The topological polar surface area (TPSA) is 85.7 Å². The molecule has 0 atom stereocenters. The van der Waals surface area contributed by atoms with Crippen LogP contribution >= 0.6 is 24.4 Å². The van der Waals surface area contributed by atoms with E-state index in [-0.39, 0.29) is 0 Å². The molecule has 0 aliphatic rings. The van der Waals surface area contributed by atoms with Gasteiger partial charge in [0.25, 0.3) is 0 Å². The van der Waals surface area contributed by atoms with Crippen LogP contribution < -0.4 is 21.5 Å². The van der Waals surface area contributed by atoms with E-state index in [4.69, 9.17) is 29.4 Å². The molecule has 31 heavy (non-hydrogen) atoms. The Hall–Kier alpha value is -3.43. The average Bonchev–Trinajstić information content (AvgIpc) is 2.80. The summed E-state index contributed by atoms with van der Waals surface area (Å²) >= 11 is 10.3. The average molecular weight is 450 g/mol. The molecule has 0 fully saturated rings. The van der Waals surface area contributed by atoms with Crippen LogP contribution in [0, 0.1) is 0 Å². The summed E-state index contributed by atoms with van der Waals surface area (Å²) in [5.74, 6) is 0. The highest BCUT2D eigenvalue weighted by molar-refractivity contribution is 7.80. The summed E-state index contributed by atoms with van der Waals surface area (Å²) in [5.41, 5.74) is 10.7. The van der Waals surface area contributed by atoms with Crippen molar-refractivity contribution in [3.63, 3.8) is 0 Å². The molecule has 0 unspecified atom stereocenters. The van der Waals surface area contributed by atoms with E-state index < -0.39 is 0 Å². The Balaban J connectivity index is 1.60. The summed E-state index contributed by atoms with van der Waals surface area (Å²) < 4.78 is 0. The molecule has 7 nitrogen and oxygen atoms in total. The van der Waals surface area contributed by atoms with Gasteiger partial charge in [-0.3, -0.25) is 10.9 Å². The Morgan fingerprint density at radius 1 is 0.806 bits per heavy atom. The van der Waals surface area contributed by atoms with Gasteiger partial charge >= 0.3 is 0 Å². The van der Waals surface area contributed by atoms with Gasteiger partial charge in [-0.1, -0.05) is 36.4 Å². The van der Waals surface area contributed by atoms with Crippen molar-refractivity contribution in [2.24, 2.45) is 10.2 Å². The molecule has 3 aromatic rings. The molecule has 0 radical (unpaired) electrons. The van der Waals surface area contributed by atoms with Crippen molar-refractivity contribution >= 4 is 62.7 Å². The van der Waals surface area contributed by atoms with Crippen LogP contribution in [0.1, 0.15) is 13.8 Å². The Morgan fingerprint density at radius 3 is 2.13 bits per heavy atom. The van der Waals surface area contributed by atoms with Crippen molar-refractivity contribution in [1.82, 2.24) is 21.2 Å². The molecule has 0 aliphatic carbocycles. The first kappa shape index (κ1) is 22.3. The highest BCUT2D eigenvalue weighted by atomic mass is 32.1. The first-order chi connectivity index (χ1) is 15.0. The third-order valence-corrected chi connectivity index (χ3v) is 4.93. The molecule has 0 saturated heterocycles. The maximum absolute atomic E-state index is 5.32. The van der Waals surface area contributed by atoms with E-state index in [1.807, 2.05) is 62.4 Å². The minimum absolute atomic E-state index is 0.377. The second-order valence-electron chi connectivity index (χ2n) is 6.62. The van der Waals surface area contributed by atoms with Gasteiger partial charge < -0.3 is 10.6 Å². The fraction of sp³-hybridized carbons (Fsp3) is 0.136. The second-order valence-corrected chi connectivity index (χ2v) is 7.43. The van der Waals surface area contributed by atoms with Crippen LogP contribution in [0.3, 0.4) is 0 Å². The minimum atomic E-state index is 0.377. The molecule has 0 amide bonds. The quantitative estimate of drug-likeness (QED) is 0.266. The number of rotatable bonds is 5. The summed E-state index contributed by atoms with van der Waals surface area (Å²) in [6.07, 6.45) is 0. The van der Waals surface area contributed by atoms with Crippen LogP contribution in [0.15, 0.2) is 70.9 Å². The van der Waals surface area contributed by atoms with E-state index in [0.29, 0.717) is 21.6 Å². The predicted molar refractivity (Wildman–Crippen MR) is 138 cm³/mol. The number of fused-ring (bicyclic) bond motifs is 1. The number of anilines is 1. The summed E-state index contributed by atoms with van der Waals surface area (Å²) in [4.78, 5) is 4.73. The van der Waals surface area contributed by atoms with E-state index in [1.54, 1.807) is 7.05 Å². The second kappa shape index (κ2) is 10.6. The van der Waals surface area contributed by atoms with Crippen LogP contribution in [0.2, 0.25) is 0 Å². The Kier molecular flexibility index (Phi) is 7.58. The highest BCUT2D eigenvalue weighted by Gasteiger charge is 2.03. The van der Waals surface area contributed by atoms with E-state index >= 15 is 0 Å². The molecule has 0 bridgehead atoms. The molecular formula is C22H23N7S2. The largest absolute Gasteiger partial charge is 0.364 e. The third-order valence-electron chi connectivity index (χ3n) is 4.44. The number of nitrogens with zero attached hydrogens (tertiary/aromatic N) is 3. The summed E-state index contributed by atoms with van der Waals surface area (Å²) in [6.45, 7) is 3.64. The molecule has 0 spiro atoms. The number of nitrogens with one attached hydrogen (secondary N) is 4. The van der Waals surface area contributed by atoms with Crippen LogP contribution in [0.25, 0.3) is 22.2 Å². The number of benzene rings is 2. The zero-order valence-corrected chi connectivity index (χ0v) is 19.1.